The summed E-state index contributed by atoms with van der Waals surface area (Å²) in [5.74, 6) is 0.302. The van der Waals surface area contributed by atoms with E-state index < -0.39 is 11.9 Å². The number of benzene rings is 1. The van der Waals surface area contributed by atoms with Crippen LogP contribution in [-0.4, -0.2) is 62.7 Å². The van der Waals surface area contributed by atoms with Crippen molar-refractivity contribution in [2.45, 2.75) is 32.2 Å². The Hall–Kier alpha value is -3.69. The van der Waals surface area contributed by atoms with Crippen molar-refractivity contribution in [1.29, 1.82) is 0 Å². The summed E-state index contributed by atoms with van der Waals surface area (Å²) in [5.41, 5.74) is 2.82. The largest absolute Gasteiger partial charge is 0.493 e. The summed E-state index contributed by atoms with van der Waals surface area (Å²) in [6, 6.07) is 4.05. The molecule has 3 aromatic rings. The van der Waals surface area contributed by atoms with Crippen molar-refractivity contribution < 1.29 is 23.8 Å². The van der Waals surface area contributed by atoms with Crippen LogP contribution in [0.3, 0.4) is 0 Å². The van der Waals surface area contributed by atoms with Crippen molar-refractivity contribution in [1.82, 2.24) is 25.2 Å². The van der Waals surface area contributed by atoms with E-state index in [9.17, 15) is 14.0 Å². The quantitative estimate of drug-likeness (QED) is 0.527. The van der Waals surface area contributed by atoms with E-state index >= 15 is 0 Å². The number of nitrogens with one attached hydrogen (secondary N) is 2. The molecular weight excluding hydrogens is 429 g/mol. The molecule has 3 N–H and O–H groups in total. The number of carboxylic acid groups (broad SMARTS) is 1. The lowest BCUT2D eigenvalue weighted by Gasteiger charge is -2.14. The number of carbonyl (C=O) groups is 2. The molecule has 172 valence electrons. The number of aryl methyl sites for hydroxylation is 1. The number of H-pyrrole nitrogens is 1. The molecule has 9 nitrogen and oxygen atoms in total. The first-order chi connectivity index (χ1) is 15.9. The van der Waals surface area contributed by atoms with Crippen molar-refractivity contribution in [3.8, 4) is 17.0 Å². The van der Waals surface area contributed by atoms with Gasteiger partial charge in [-0.05, 0) is 50.3 Å². The van der Waals surface area contributed by atoms with Gasteiger partial charge in [-0.2, -0.15) is 0 Å². The Bertz CT molecular complexity index is 1240. The first kappa shape index (κ1) is 21.2. The number of aromatic amines is 1. The van der Waals surface area contributed by atoms with Gasteiger partial charge in [0, 0.05) is 30.4 Å². The van der Waals surface area contributed by atoms with Gasteiger partial charge in [0.25, 0.3) is 5.91 Å². The van der Waals surface area contributed by atoms with Crippen LogP contribution in [0.25, 0.3) is 22.3 Å². The van der Waals surface area contributed by atoms with Gasteiger partial charge in [0.15, 0.2) is 0 Å². The van der Waals surface area contributed by atoms with Gasteiger partial charge in [0.2, 0.25) is 0 Å². The molecule has 1 saturated heterocycles. The summed E-state index contributed by atoms with van der Waals surface area (Å²) >= 11 is 0. The van der Waals surface area contributed by atoms with E-state index in [0.29, 0.717) is 64.8 Å². The Morgan fingerprint density at radius 3 is 2.85 bits per heavy atom. The number of halogens is 1. The Labute approximate surface area is 189 Å². The topological polar surface area (TPSA) is 120 Å². The fourth-order valence-electron chi connectivity index (χ4n) is 4.22. The molecule has 5 rings (SSSR count). The second kappa shape index (κ2) is 8.34. The summed E-state index contributed by atoms with van der Waals surface area (Å²) < 4.78 is 20.1. The summed E-state index contributed by atoms with van der Waals surface area (Å²) in [6.07, 6.45) is 3.16. The molecule has 1 aliphatic carbocycles. The molecule has 0 unspecified atom stereocenters. The number of ether oxygens (including phenoxy) is 1. The number of nitrogens with zero attached hydrogens (tertiary/aromatic N) is 3. The minimum Gasteiger partial charge on any atom is -0.493 e. The summed E-state index contributed by atoms with van der Waals surface area (Å²) in [6.45, 7) is 2.95. The summed E-state index contributed by atoms with van der Waals surface area (Å²) in [5, 5.41) is 12.1. The van der Waals surface area contributed by atoms with Gasteiger partial charge in [-0.1, -0.05) is 0 Å². The van der Waals surface area contributed by atoms with Crippen LogP contribution in [-0.2, 0) is 0 Å². The van der Waals surface area contributed by atoms with Gasteiger partial charge in [-0.25, -0.2) is 19.2 Å². The van der Waals surface area contributed by atoms with Crippen molar-refractivity contribution in [2.24, 2.45) is 5.92 Å². The van der Waals surface area contributed by atoms with Crippen LogP contribution in [0.4, 0.5) is 9.18 Å². The molecule has 33 heavy (non-hydrogen) atoms. The highest BCUT2D eigenvalue weighted by Gasteiger charge is 2.29. The van der Waals surface area contributed by atoms with Crippen LogP contribution in [0.15, 0.2) is 24.5 Å². The molecule has 0 spiro atoms. The third-order valence-electron chi connectivity index (χ3n) is 6.16. The highest BCUT2D eigenvalue weighted by atomic mass is 19.1. The zero-order valence-corrected chi connectivity index (χ0v) is 18.1. The van der Waals surface area contributed by atoms with Gasteiger partial charge in [-0.3, -0.25) is 4.79 Å². The van der Waals surface area contributed by atoms with E-state index in [4.69, 9.17) is 9.84 Å². The van der Waals surface area contributed by atoms with Gasteiger partial charge in [-0.15, -0.1) is 0 Å². The highest BCUT2D eigenvalue weighted by Crippen LogP contribution is 2.36. The van der Waals surface area contributed by atoms with Crippen LogP contribution >= 0.6 is 0 Å². The van der Waals surface area contributed by atoms with Crippen molar-refractivity contribution >= 4 is 23.0 Å². The van der Waals surface area contributed by atoms with Crippen LogP contribution < -0.4 is 10.1 Å². The second-order valence-corrected chi connectivity index (χ2v) is 8.65. The van der Waals surface area contributed by atoms with Crippen molar-refractivity contribution in [3.05, 3.63) is 41.6 Å². The smallest absolute Gasteiger partial charge is 0.407 e. The maximum atomic E-state index is 14.2. The Morgan fingerprint density at radius 2 is 2.12 bits per heavy atom. The average molecular weight is 453 g/mol. The number of carbonyl (C=O) groups excluding carboxylic acids is 1. The predicted molar refractivity (Wildman–Crippen MR) is 118 cm³/mol. The van der Waals surface area contributed by atoms with Crippen LogP contribution in [0.2, 0.25) is 0 Å². The molecule has 2 aliphatic rings. The number of aromatic nitrogens is 3. The molecule has 0 bridgehead atoms. The maximum absolute atomic E-state index is 14.2. The zero-order valence-electron chi connectivity index (χ0n) is 18.1. The third-order valence-corrected chi connectivity index (χ3v) is 6.16. The van der Waals surface area contributed by atoms with Crippen molar-refractivity contribution in [2.75, 3.05) is 19.7 Å². The lowest BCUT2D eigenvalue weighted by molar-refractivity contribution is 0.0936. The first-order valence-corrected chi connectivity index (χ1v) is 11.0. The lowest BCUT2D eigenvalue weighted by Crippen LogP contribution is -2.38. The number of likely N-dealkylation sites (tertiary alicyclic amines) is 1. The Morgan fingerprint density at radius 1 is 1.30 bits per heavy atom. The van der Waals surface area contributed by atoms with Gasteiger partial charge < -0.3 is 25.0 Å². The van der Waals surface area contributed by atoms with E-state index in [-0.39, 0.29) is 18.5 Å². The maximum Gasteiger partial charge on any atom is 0.407 e. The molecule has 1 saturated carbocycles. The van der Waals surface area contributed by atoms with Gasteiger partial charge >= 0.3 is 6.09 Å². The second-order valence-electron chi connectivity index (χ2n) is 8.65. The first-order valence-electron chi connectivity index (χ1n) is 11.0. The Kier molecular flexibility index (Phi) is 5.35. The van der Waals surface area contributed by atoms with E-state index in [1.807, 2.05) is 0 Å². The molecule has 0 radical (unpaired) electrons. The molecular formula is C23H24FN5O4. The van der Waals surface area contributed by atoms with Crippen LogP contribution in [0, 0.1) is 18.7 Å². The van der Waals surface area contributed by atoms with E-state index in [0.717, 1.165) is 12.8 Å². The number of hydrogen-bond donors (Lipinski definition) is 3. The van der Waals surface area contributed by atoms with Crippen LogP contribution in [0.5, 0.6) is 5.75 Å². The number of fused-ring (bicyclic) bond motifs is 1. The zero-order chi connectivity index (χ0) is 23.1. The van der Waals surface area contributed by atoms with E-state index in [1.54, 1.807) is 13.0 Å². The molecule has 3 heterocycles. The fourth-order valence-corrected chi connectivity index (χ4v) is 4.22. The van der Waals surface area contributed by atoms with Gasteiger partial charge in [0.1, 0.15) is 29.1 Å². The molecule has 2 aromatic heterocycles. The van der Waals surface area contributed by atoms with Crippen LogP contribution in [0.1, 0.15) is 35.3 Å². The standard InChI is InChI=1S/C23H24FN5O4/c1-12-18(22(30)28-15-6-7-29(9-15)23(31)32)20-21(27-12)19(25-11-26-20)16-8-14(24)4-5-17(16)33-10-13-2-3-13/h4-5,8,11,13,15,27H,2-3,6-7,9-10H2,1H3,(H,28,30)(H,31,32)/t15-/m1/s1. The summed E-state index contributed by atoms with van der Waals surface area (Å²) in [4.78, 5) is 37.4. The third kappa shape index (κ3) is 4.20. The monoisotopic (exact) mass is 453 g/mol. The molecule has 10 heteroatoms. The number of rotatable bonds is 6. The van der Waals surface area contributed by atoms with E-state index in [1.165, 1.54) is 23.4 Å². The van der Waals surface area contributed by atoms with Gasteiger partial charge in [0.05, 0.1) is 17.7 Å². The molecule has 1 atom stereocenters. The molecule has 1 aromatic carbocycles. The Balaban J connectivity index is 1.47. The summed E-state index contributed by atoms with van der Waals surface area (Å²) in [7, 11) is 0. The SMILES string of the molecule is Cc1[nH]c2c(-c3cc(F)ccc3OCC3CC3)ncnc2c1C(=O)N[C@@H]1CCN(C(=O)O)C1. The number of amides is 2. The van der Waals surface area contributed by atoms with E-state index in [2.05, 4.69) is 20.3 Å². The molecule has 1 aliphatic heterocycles. The van der Waals surface area contributed by atoms with Crippen molar-refractivity contribution in [3.63, 3.8) is 0 Å². The predicted octanol–water partition coefficient (Wildman–Crippen LogP) is 3.34. The average Bonchev–Trinajstić information content (AvgIpc) is 3.38. The normalized spacial score (nSPS) is 18.0. The minimum absolute atomic E-state index is 0.244. The number of hydrogen-bond acceptors (Lipinski definition) is 5. The fraction of sp³-hybridized carbons (Fsp3) is 0.391. The molecule has 2 fully saturated rings. The molecule has 2 amide bonds. The minimum atomic E-state index is -0.998. The highest BCUT2D eigenvalue weighted by molar-refractivity contribution is 6.09. The lowest BCUT2D eigenvalue weighted by atomic mass is 10.1.